The summed E-state index contributed by atoms with van der Waals surface area (Å²) in [6, 6.07) is 6.46. The van der Waals surface area contributed by atoms with Gasteiger partial charge in [-0.25, -0.2) is 0 Å². The molecule has 0 atom stereocenters. The van der Waals surface area contributed by atoms with Crippen LogP contribution < -0.4 is 4.74 Å². The fourth-order valence-corrected chi connectivity index (χ4v) is 3.01. The molecule has 1 aliphatic heterocycles. The number of carbonyl (C=O) groups is 2. The highest BCUT2D eigenvalue weighted by Crippen LogP contribution is 2.27. The fraction of sp³-hybridized carbons (Fsp3) is 0.294. The zero-order valence-corrected chi connectivity index (χ0v) is 14.8. The number of amides is 2. The van der Waals surface area contributed by atoms with Crippen LogP contribution in [0.25, 0.3) is 0 Å². The van der Waals surface area contributed by atoms with E-state index in [0.717, 1.165) is 0 Å². The topological polar surface area (TPSA) is 63.0 Å². The van der Waals surface area contributed by atoms with Gasteiger partial charge < -0.3 is 19.0 Å². The lowest BCUT2D eigenvalue weighted by Crippen LogP contribution is -2.51. The van der Waals surface area contributed by atoms with Gasteiger partial charge in [-0.15, -0.1) is 0 Å². The van der Waals surface area contributed by atoms with Gasteiger partial charge in [-0.1, -0.05) is 23.2 Å². The zero-order chi connectivity index (χ0) is 17.8. The number of piperazine rings is 1. The van der Waals surface area contributed by atoms with E-state index in [1.165, 1.54) is 12.5 Å². The molecule has 1 fully saturated rings. The molecule has 1 aromatic carbocycles. The lowest BCUT2D eigenvalue weighted by Gasteiger charge is -2.34. The number of nitrogens with zero attached hydrogens (tertiary/aromatic N) is 2. The van der Waals surface area contributed by atoms with Crippen LogP contribution in [0.1, 0.15) is 10.4 Å². The van der Waals surface area contributed by atoms with E-state index in [4.69, 9.17) is 32.4 Å². The number of furan rings is 1. The van der Waals surface area contributed by atoms with E-state index < -0.39 is 0 Å². The molecule has 8 heteroatoms. The quantitative estimate of drug-likeness (QED) is 0.815. The molecule has 0 N–H and O–H groups in total. The van der Waals surface area contributed by atoms with Crippen molar-refractivity contribution in [2.75, 3.05) is 32.8 Å². The van der Waals surface area contributed by atoms with E-state index in [-0.39, 0.29) is 18.4 Å². The first-order chi connectivity index (χ1) is 12.0. The van der Waals surface area contributed by atoms with Crippen LogP contribution in [0.5, 0.6) is 5.75 Å². The summed E-state index contributed by atoms with van der Waals surface area (Å²) in [6.45, 7) is 1.74. The predicted octanol–water partition coefficient (Wildman–Crippen LogP) is 2.95. The minimum absolute atomic E-state index is 0.0926. The summed E-state index contributed by atoms with van der Waals surface area (Å²) in [7, 11) is 0. The van der Waals surface area contributed by atoms with Crippen LogP contribution in [0.2, 0.25) is 10.0 Å². The zero-order valence-electron chi connectivity index (χ0n) is 13.3. The van der Waals surface area contributed by atoms with E-state index in [9.17, 15) is 9.59 Å². The number of rotatable bonds is 4. The first kappa shape index (κ1) is 17.6. The summed E-state index contributed by atoms with van der Waals surface area (Å²) in [6.07, 6.45) is 2.88. The summed E-state index contributed by atoms with van der Waals surface area (Å²) in [5.74, 6) is 0.166. The standard InChI is InChI=1S/C17H16Cl2N2O4/c18-13-1-2-15(14(19)9-13)25-11-16(22)20-4-6-21(7-5-20)17(23)12-3-8-24-10-12/h1-3,8-10H,4-7,11H2. The van der Waals surface area contributed by atoms with Crippen molar-refractivity contribution in [3.63, 3.8) is 0 Å². The van der Waals surface area contributed by atoms with Gasteiger partial charge in [0.05, 0.1) is 16.8 Å². The number of halogens is 2. The van der Waals surface area contributed by atoms with Crippen LogP contribution in [-0.2, 0) is 4.79 Å². The molecule has 0 saturated carbocycles. The molecule has 1 aliphatic rings. The third-order valence-electron chi connectivity index (χ3n) is 3.93. The molecule has 2 heterocycles. The third-order valence-corrected chi connectivity index (χ3v) is 4.46. The molecule has 2 aromatic rings. The Bertz CT molecular complexity index is 756. The van der Waals surface area contributed by atoms with Gasteiger partial charge in [0.1, 0.15) is 12.0 Å². The van der Waals surface area contributed by atoms with Gasteiger partial charge >= 0.3 is 0 Å². The van der Waals surface area contributed by atoms with Crippen molar-refractivity contribution in [1.82, 2.24) is 9.80 Å². The molecule has 1 aromatic heterocycles. The lowest BCUT2D eigenvalue weighted by molar-refractivity contribution is -0.134. The van der Waals surface area contributed by atoms with Crippen molar-refractivity contribution in [2.45, 2.75) is 0 Å². The highest BCUT2D eigenvalue weighted by Gasteiger charge is 2.25. The van der Waals surface area contributed by atoms with Gasteiger partial charge in [0.25, 0.3) is 11.8 Å². The molecule has 2 amide bonds. The maximum atomic E-state index is 12.3. The van der Waals surface area contributed by atoms with Gasteiger partial charge in [-0.2, -0.15) is 0 Å². The Hall–Kier alpha value is -2.18. The smallest absolute Gasteiger partial charge is 0.260 e. The first-order valence-electron chi connectivity index (χ1n) is 7.71. The largest absolute Gasteiger partial charge is 0.482 e. The van der Waals surface area contributed by atoms with Crippen molar-refractivity contribution in [2.24, 2.45) is 0 Å². The normalized spacial score (nSPS) is 14.5. The predicted molar refractivity (Wildman–Crippen MR) is 93.1 cm³/mol. The molecular weight excluding hydrogens is 367 g/mol. The van der Waals surface area contributed by atoms with Crippen LogP contribution in [0.15, 0.2) is 41.2 Å². The second-order valence-corrected chi connectivity index (χ2v) is 6.39. The van der Waals surface area contributed by atoms with Crippen molar-refractivity contribution in [3.05, 3.63) is 52.4 Å². The Labute approximate surface area is 154 Å². The molecule has 6 nitrogen and oxygen atoms in total. The molecule has 0 bridgehead atoms. The Balaban J connectivity index is 1.49. The second-order valence-electron chi connectivity index (χ2n) is 5.55. The first-order valence-corrected chi connectivity index (χ1v) is 8.47. The number of carbonyl (C=O) groups excluding carboxylic acids is 2. The van der Waals surface area contributed by atoms with E-state index in [0.29, 0.717) is 47.5 Å². The third kappa shape index (κ3) is 4.27. The average Bonchev–Trinajstić information content (AvgIpc) is 3.15. The summed E-state index contributed by atoms with van der Waals surface area (Å²) >= 11 is 11.8. The summed E-state index contributed by atoms with van der Waals surface area (Å²) in [4.78, 5) is 27.9. The van der Waals surface area contributed by atoms with Crippen LogP contribution >= 0.6 is 23.2 Å². The van der Waals surface area contributed by atoms with Gasteiger partial charge in [0, 0.05) is 31.2 Å². The maximum absolute atomic E-state index is 12.3. The fourth-order valence-electron chi connectivity index (χ4n) is 2.55. The van der Waals surface area contributed by atoms with E-state index in [2.05, 4.69) is 0 Å². The highest BCUT2D eigenvalue weighted by molar-refractivity contribution is 6.35. The Morgan fingerprint density at radius 3 is 2.44 bits per heavy atom. The van der Waals surface area contributed by atoms with Crippen molar-refractivity contribution < 1.29 is 18.7 Å². The van der Waals surface area contributed by atoms with Crippen LogP contribution in [0.4, 0.5) is 0 Å². The molecule has 0 radical (unpaired) electrons. The molecule has 0 unspecified atom stereocenters. The number of hydrogen-bond acceptors (Lipinski definition) is 4. The monoisotopic (exact) mass is 382 g/mol. The van der Waals surface area contributed by atoms with Crippen LogP contribution in [-0.4, -0.2) is 54.4 Å². The van der Waals surface area contributed by atoms with E-state index >= 15 is 0 Å². The second kappa shape index (κ2) is 7.80. The average molecular weight is 383 g/mol. The lowest BCUT2D eigenvalue weighted by atomic mass is 10.2. The molecule has 132 valence electrons. The minimum Gasteiger partial charge on any atom is -0.482 e. The minimum atomic E-state index is -0.151. The highest BCUT2D eigenvalue weighted by atomic mass is 35.5. The Kier molecular flexibility index (Phi) is 5.50. The Morgan fingerprint density at radius 1 is 1.08 bits per heavy atom. The van der Waals surface area contributed by atoms with Crippen molar-refractivity contribution >= 4 is 35.0 Å². The summed E-state index contributed by atoms with van der Waals surface area (Å²) in [5.41, 5.74) is 0.514. The molecule has 3 rings (SSSR count). The van der Waals surface area contributed by atoms with Crippen LogP contribution in [0.3, 0.4) is 0 Å². The SMILES string of the molecule is O=C(COc1ccc(Cl)cc1Cl)N1CCN(C(=O)c2ccoc2)CC1. The van der Waals surface area contributed by atoms with Crippen molar-refractivity contribution in [3.8, 4) is 5.75 Å². The number of benzene rings is 1. The molecule has 0 aliphatic carbocycles. The van der Waals surface area contributed by atoms with Gasteiger partial charge in [0.2, 0.25) is 0 Å². The summed E-state index contributed by atoms with van der Waals surface area (Å²) in [5, 5.41) is 0.859. The summed E-state index contributed by atoms with van der Waals surface area (Å²) < 4.78 is 10.4. The van der Waals surface area contributed by atoms with Gasteiger partial charge in [0.15, 0.2) is 6.61 Å². The number of hydrogen-bond donors (Lipinski definition) is 0. The Morgan fingerprint density at radius 2 is 1.80 bits per heavy atom. The molecule has 25 heavy (non-hydrogen) atoms. The van der Waals surface area contributed by atoms with Crippen LogP contribution in [0, 0.1) is 0 Å². The van der Waals surface area contributed by atoms with E-state index in [1.54, 1.807) is 34.1 Å². The van der Waals surface area contributed by atoms with E-state index in [1.807, 2.05) is 0 Å². The molecular formula is C17H16Cl2N2O4. The molecule has 0 spiro atoms. The maximum Gasteiger partial charge on any atom is 0.260 e. The van der Waals surface area contributed by atoms with Gasteiger partial charge in [-0.05, 0) is 24.3 Å². The van der Waals surface area contributed by atoms with Crippen molar-refractivity contribution in [1.29, 1.82) is 0 Å². The molecule has 1 saturated heterocycles. The number of ether oxygens (including phenoxy) is 1. The van der Waals surface area contributed by atoms with Gasteiger partial charge in [-0.3, -0.25) is 9.59 Å².